The van der Waals surface area contributed by atoms with Gasteiger partial charge in [0.1, 0.15) is 11.6 Å². The Hall–Kier alpha value is -1.68. The molecule has 0 aliphatic carbocycles. The fraction of sp³-hybridized carbons (Fsp3) is 0.182. The predicted octanol–water partition coefficient (Wildman–Crippen LogP) is 2.39. The van der Waals surface area contributed by atoms with Crippen molar-refractivity contribution in [2.24, 2.45) is 7.05 Å². The Morgan fingerprint density at radius 2 is 2.25 bits per heavy atom. The van der Waals surface area contributed by atoms with Gasteiger partial charge in [-0.3, -0.25) is 4.68 Å². The summed E-state index contributed by atoms with van der Waals surface area (Å²) < 4.78 is 1.72. The number of anilines is 1. The molecule has 0 atom stereocenters. The van der Waals surface area contributed by atoms with Crippen LogP contribution in [0.5, 0.6) is 5.75 Å². The molecule has 2 aromatic rings. The van der Waals surface area contributed by atoms with Crippen molar-refractivity contribution in [3.63, 3.8) is 0 Å². The molecule has 0 saturated heterocycles. The first-order valence-corrected chi connectivity index (χ1v) is 5.24. The van der Waals surface area contributed by atoms with E-state index in [0.29, 0.717) is 11.6 Å². The molecule has 4 nitrogen and oxygen atoms in total. The average molecular weight is 238 g/mol. The normalized spacial score (nSPS) is 10.4. The summed E-state index contributed by atoms with van der Waals surface area (Å²) in [5.74, 6) is 1.12. The molecule has 1 heterocycles. The maximum absolute atomic E-state index is 9.61. The van der Waals surface area contributed by atoms with Crippen LogP contribution in [-0.2, 0) is 13.6 Å². The van der Waals surface area contributed by atoms with Gasteiger partial charge in [0, 0.05) is 30.2 Å². The maximum atomic E-state index is 9.61. The molecule has 0 unspecified atom stereocenters. The van der Waals surface area contributed by atoms with Crippen LogP contribution in [0.4, 0.5) is 5.82 Å². The summed E-state index contributed by atoms with van der Waals surface area (Å²) in [6.45, 7) is 0.506. The minimum absolute atomic E-state index is 0.235. The molecular formula is C11H12ClN3O. The second-order valence-corrected chi connectivity index (χ2v) is 3.90. The lowest BCUT2D eigenvalue weighted by molar-refractivity contribution is 0.469. The van der Waals surface area contributed by atoms with Crippen LogP contribution in [0.2, 0.25) is 5.02 Å². The van der Waals surface area contributed by atoms with Gasteiger partial charge in [0.15, 0.2) is 0 Å². The van der Waals surface area contributed by atoms with E-state index in [1.807, 2.05) is 13.1 Å². The van der Waals surface area contributed by atoms with Crippen molar-refractivity contribution in [1.82, 2.24) is 9.78 Å². The highest BCUT2D eigenvalue weighted by Gasteiger charge is 2.03. The van der Waals surface area contributed by atoms with Crippen LogP contribution in [0.3, 0.4) is 0 Å². The van der Waals surface area contributed by atoms with E-state index in [0.717, 1.165) is 11.4 Å². The number of phenols is 1. The third-order valence-electron chi connectivity index (χ3n) is 2.32. The number of aromatic nitrogens is 2. The molecule has 0 fully saturated rings. The number of nitrogens with one attached hydrogen (secondary N) is 1. The minimum atomic E-state index is 0.235. The second-order valence-electron chi connectivity index (χ2n) is 3.47. The molecule has 0 aliphatic heterocycles. The van der Waals surface area contributed by atoms with Crippen LogP contribution in [0.1, 0.15) is 5.56 Å². The van der Waals surface area contributed by atoms with Crippen molar-refractivity contribution in [3.05, 3.63) is 41.0 Å². The van der Waals surface area contributed by atoms with Crippen LogP contribution in [0, 0.1) is 0 Å². The van der Waals surface area contributed by atoms with Crippen molar-refractivity contribution in [3.8, 4) is 5.75 Å². The summed E-state index contributed by atoms with van der Waals surface area (Å²) in [7, 11) is 1.85. The zero-order valence-corrected chi connectivity index (χ0v) is 9.57. The second kappa shape index (κ2) is 4.45. The highest BCUT2D eigenvalue weighted by atomic mass is 35.5. The number of hydrogen-bond donors (Lipinski definition) is 2. The molecule has 0 spiro atoms. The van der Waals surface area contributed by atoms with Crippen molar-refractivity contribution in [1.29, 1.82) is 0 Å². The zero-order chi connectivity index (χ0) is 11.5. The van der Waals surface area contributed by atoms with Gasteiger partial charge in [0.2, 0.25) is 0 Å². The molecular weight excluding hydrogens is 226 g/mol. The number of phenolic OH excluding ortho intramolecular Hbond substituents is 1. The summed E-state index contributed by atoms with van der Waals surface area (Å²) in [6.07, 6.45) is 1.71. The monoisotopic (exact) mass is 237 g/mol. The van der Waals surface area contributed by atoms with Gasteiger partial charge in [0.25, 0.3) is 0 Å². The van der Waals surface area contributed by atoms with E-state index < -0.39 is 0 Å². The summed E-state index contributed by atoms with van der Waals surface area (Å²) in [6, 6.07) is 6.84. The Morgan fingerprint density at radius 1 is 1.44 bits per heavy atom. The SMILES string of the molecule is Cn1nccc1NCc1cc(Cl)ccc1O. The molecule has 0 radical (unpaired) electrons. The van der Waals surface area contributed by atoms with Crippen LogP contribution in [0.25, 0.3) is 0 Å². The van der Waals surface area contributed by atoms with Gasteiger partial charge in [-0.1, -0.05) is 11.6 Å². The van der Waals surface area contributed by atoms with Crippen LogP contribution < -0.4 is 5.32 Å². The van der Waals surface area contributed by atoms with E-state index in [4.69, 9.17) is 11.6 Å². The quantitative estimate of drug-likeness (QED) is 0.862. The van der Waals surface area contributed by atoms with Crippen molar-refractivity contribution >= 4 is 17.4 Å². The van der Waals surface area contributed by atoms with Gasteiger partial charge in [0.05, 0.1) is 6.20 Å². The van der Waals surface area contributed by atoms with E-state index in [-0.39, 0.29) is 5.75 Å². The molecule has 0 amide bonds. The Balaban J connectivity index is 2.10. The summed E-state index contributed by atoms with van der Waals surface area (Å²) in [5.41, 5.74) is 0.758. The van der Waals surface area contributed by atoms with Crippen LogP contribution >= 0.6 is 11.6 Å². The van der Waals surface area contributed by atoms with Gasteiger partial charge in [-0.25, -0.2) is 0 Å². The number of benzene rings is 1. The Labute approximate surface area is 98.5 Å². The van der Waals surface area contributed by atoms with E-state index in [9.17, 15) is 5.11 Å². The first kappa shape index (κ1) is 10.8. The average Bonchev–Trinajstić information content (AvgIpc) is 2.66. The minimum Gasteiger partial charge on any atom is -0.508 e. The number of hydrogen-bond acceptors (Lipinski definition) is 3. The first-order valence-electron chi connectivity index (χ1n) is 4.86. The third-order valence-corrected chi connectivity index (χ3v) is 2.56. The lowest BCUT2D eigenvalue weighted by atomic mass is 10.2. The first-order chi connectivity index (χ1) is 7.66. The van der Waals surface area contributed by atoms with E-state index in [1.165, 1.54) is 0 Å². The molecule has 0 aliphatic rings. The fourth-order valence-corrected chi connectivity index (χ4v) is 1.62. The smallest absolute Gasteiger partial charge is 0.124 e. The largest absolute Gasteiger partial charge is 0.508 e. The molecule has 2 rings (SSSR count). The van der Waals surface area contributed by atoms with Gasteiger partial charge >= 0.3 is 0 Å². The van der Waals surface area contributed by atoms with E-state index >= 15 is 0 Å². The van der Waals surface area contributed by atoms with Crippen molar-refractivity contribution in [2.75, 3.05) is 5.32 Å². The number of rotatable bonds is 3. The third kappa shape index (κ3) is 2.28. The fourth-order valence-electron chi connectivity index (χ4n) is 1.43. The highest BCUT2D eigenvalue weighted by molar-refractivity contribution is 6.30. The summed E-state index contributed by atoms with van der Waals surface area (Å²) in [5, 5.41) is 17.4. The van der Waals surface area contributed by atoms with Crippen LogP contribution in [-0.4, -0.2) is 14.9 Å². The number of aryl methyl sites for hydroxylation is 1. The van der Waals surface area contributed by atoms with Crippen molar-refractivity contribution < 1.29 is 5.11 Å². The Bertz CT molecular complexity index is 496. The van der Waals surface area contributed by atoms with E-state index in [2.05, 4.69) is 10.4 Å². The molecule has 0 bridgehead atoms. The predicted molar refractivity (Wildman–Crippen MR) is 63.7 cm³/mol. The highest BCUT2D eigenvalue weighted by Crippen LogP contribution is 2.22. The summed E-state index contributed by atoms with van der Waals surface area (Å²) in [4.78, 5) is 0. The molecule has 5 heteroatoms. The van der Waals surface area contributed by atoms with Gasteiger partial charge < -0.3 is 10.4 Å². The number of aromatic hydroxyl groups is 1. The van der Waals surface area contributed by atoms with Gasteiger partial charge in [-0.2, -0.15) is 5.10 Å². The van der Waals surface area contributed by atoms with E-state index in [1.54, 1.807) is 29.1 Å². The Morgan fingerprint density at radius 3 is 2.94 bits per heavy atom. The topological polar surface area (TPSA) is 50.1 Å². The van der Waals surface area contributed by atoms with Gasteiger partial charge in [-0.15, -0.1) is 0 Å². The molecule has 0 saturated carbocycles. The molecule has 2 N–H and O–H groups in total. The molecule has 16 heavy (non-hydrogen) atoms. The molecule has 1 aromatic heterocycles. The lowest BCUT2D eigenvalue weighted by Gasteiger charge is -2.08. The number of halogens is 1. The maximum Gasteiger partial charge on any atom is 0.124 e. The molecule has 84 valence electrons. The summed E-state index contributed by atoms with van der Waals surface area (Å²) >= 11 is 5.85. The van der Waals surface area contributed by atoms with Gasteiger partial charge in [-0.05, 0) is 18.2 Å². The Kier molecular flexibility index (Phi) is 3.01. The van der Waals surface area contributed by atoms with Crippen molar-refractivity contribution in [2.45, 2.75) is 6.54 Å². The number of nitrogens with zero attached hydrogens (tertiary/aromatic N) is 2. The lowest BCUT2D eigenvalue weighted by Crippen LogP contribution is -2.04. The van der Waals surface area contributed by atoms with Crippen LogP contribution in [0.15, 0.2) is 30.5 Å². The molecule has 1 aromatic carbocycles. The standard InChI is InChI=1S/C11H12ClN3O/c1-15-11(4-5-14-15)13-7-8-6-9(12)2-3-10(8)16/h2-6,13,16H,7H2,1H3. The zero-order valence-electron chi connectivity index (χ0n) is 8.81.